The highest BCUT2D eigenvalue weighted by atomic mass is 19.4. The van der Waals surface area contributed by atoms with Crippen LogP contribution >= 0.6 is 0 Å². The summed E-state index contributed by atoms with van der Waals surface area (Å²) in [4.78, 5) is 8.15. The Morgan fingerprint density at radius 1 is 1.25 bits per heavy atom. The monoisotopic (exact) mass is 282 g/mol. The number of fused-ring (bicyclic) bond motifs is 1. The summed E-state index contributed by atoms with van der Waals surface area (Å²) in [6.45, 7) is 1.63. The van der Waals surface area contributed by atoms with Crippen molar-refractivity contribution in [3.63, 3.8) is 0 Å². The van der Waals surface area contributed by atoms with Crippen LogP contribution in [-0.4, -0.2) is 23.1 Å². The molecule has 1 aliphatic rings. The van der Waals surface area contributed by atoms with Crippen LogP contribution in [0.5, 0.6) is 0 Å². The Hall–Kier alpha value is -1.89. The van der Waals surface area contributed by atoms with Crippen LogP contribution in [0.25, 0.3) is 10.9 Å². The number of hydrogen-bond acceptors (Lipinski definition) is 4. The first-order valence-corrected chi connectivity index (χ1v) is 6.30. The van der Waals surface area contributed by atoms with Gasteiger partial charge in [0.05, 0.1) is 16.8 Å². The number of halogens is 3. The molecule has 7 heteroatoms. The van der Waals surface area contributed by atoms with Gasteiger partial charge in [-0.1, -0.05) is 6.07 Å². The van der Waals surface area contributed by atoms with E-state index in [1.54, 1.807) is 0 Å². The molecule has 1 fully saturated rings. The second-order valence-electron chi connectivity index (χ2n) is 4.89. The number of nitrogens with one attached hydrogen (secondary N) is 1. The molecule has 1 unspecified atom stereocenters. The number of aromatic nitrogens is 2. The van der Waals surface area contributed by atoms with E-state index >= 15 is 0 Å². The van der Waals surface area contributed by atoms with Crippen molar-refractivity contribution in [3.8, 4) is 0 Å². The lowest BCUT2D eigenvalue weighted by atomic mass is 9.99. The molecule has 106 valence electrons. The summed E-state index contributed by atoms with van der Waals surface area (Å²) in [5, 5.41) is 3.85. The minimum Gasteiger partial charge on any atom is -0.368 e. The van der Waals surface area contributed by atoms with Crippen molar-refractivity contribution in [2.45, 2.75) is 18.5 Å². The summed E-state index contributed by atoms with van der Waals surface area (Å²) in [5.41, 5.74) is 5.88. The lowest BCUT2D eigenvalue weighted by Crippen LogP contribution is -2.11. The van der Waals surface area contributed by atoms with Gasteiger partial charge >= 0.3 is 6.18 Å². The van der Waals surface area contributed by atoms with E-state index in [1.165, 1.54) is 6.07 Å². The Labute approximate surface area is 113 Å². The smallest absolute Gasteiger partial charge is 0.368 e. The first-order chi connectivity index (χ1) is 9.45. The number of alkyl halides is 3. The maximum absolute atomic E-state index is 12.7. The highest BCUT2D eigenvalue weighted by Gasteiger charge is 2.31. The van der Waals surface area contributed by atoms with E-state index in [-0.39, 0.29) is 17.4 Å². The summed E-state index contributed by atoms with van der Waals surface area (Å²) in [7, 11) is 0. The summed E-state index contributed by atoms with van der Waals surface area (Å²) < 4.78 is 38.2. The van der Waals surface area contributed by atoms with Gasteiger partial charge in [0, 0.05) is 17.8 Å². The van der Waals surface area contributed by atoms with E-state index < -0.39 is 11.7 Å². The van der Waals surface area contributed by atoms with Gasteiger partial charge in [-0.15, -0.1) is 0 Å². The Kier molecular flexibility index (Phi) is 3.01. The number of nitrogens with two attached hydrogens (primary N) is 1. The van der Waals surface area contributed by atoms with E-state index in [9.17, 15) is 13.2 Å². The van der Waals surface area contributed by atoms with Crippen LogP contribution in [0.2, 0.25) is 0 Å². The largest absolute Gasteiger partial charge is 0.416 e. The molecule has 0 saturated carbocycles. The van der Waals surface area contributed by atoms with Crippen LogP contribution in [0.15, 0.2) is 18.2 Å². The zero-order valence-corrected chi connectivity index (χ0v) is 10.5. The molecule has 2 aromatic rings. The van der Waals surface area contributed by atoms with Gasteiger partial charge in [0.25, 0.3) is 0 Å². The van der Waals surface area contributed by atoms with Gasteiger partial charge in [0.2, 0.25) is 5.95 Å². The Morgan fingerprint density at radius 3 is 2.70 bits per heavy atom. The molecule has 0 radical (unpaired) electrons. The molecule has 0 bridgehead atoms. The molecule has 0 spiro atoms. The molecule has 4 nitrogen and oxygen atoms in total. The molecule has 1 saturated heterocycles. The van der Waals surface area contributed by atoms with Crippen LogP contribution in [0.1, 0.15) is 23.6 Å². The van der Waals surface area contributed by atoms with Crippen molar-refractivity contribution < 1.29 is 13.2 Å². The molecule has 1 aliphatic heterocycles. The van der Waals surface area contributed by atoms with Gasteiger partial charge in [-0.2, -0.15) is 13.2 Å². The van der Waals surface area contributed by atoms with Crippen molar-refractivity contribution in [1.82, 2.24) is 15.3 Å². The van der Waals surface area contributed by atoms with Gasteiger partial charge in [-0.05, 0) is 25.1 Å². The fourth-order valence-electron chi connectivity index (χ4n) is 2.55. The molecule has 2 heterocycles. The van der Waals surface area contributed by atoms with E-state index in [0.717, 1.165) is 37.3 Å². The van der Waals surface area contributed by atoms with Crippen LogP contribution in [0, 0.1) is 0 Å². The third-order valence-corrected chi connectivity index (χ3v) is 3.52. The topological polar surface area (TPSA) is 63.8 Å². The molecule has 3 N–H and O–H groups in total. The number of hydrogen-bond donors (Lipinski definition) is 2. The second kappa shape index (κ2) is 4.59. The van der Waals surface area contributed by atoms with Crippen LogP contribution < -0.4 is 11.1 Å². The molecule has 20 heavy (non-hydrogen) atoms. The fourth-order valence-corrected chi connectivity index (χ4v) is 2.55. The number of benzene rings is 1. The zero-order valence-electron chi connectivity index (χ0n) is 10.5. The highest BCUT2D eigenvalue weighted by molar-refractivity contribution is 5.83. The van der Waals surface area contributed by atoms with Crippen molar-refractivity contribution in [1.29, 1.82) is 0 Å². The Balaban J connectivity index is 2.17. The average molecular weight is 282 g/mol. The SMILES string of the molecule is Nc1nc(C2CCNC2)c2ccc(C(F)(F)F)cc2n1. The van der Waals surface area contributed by atoms with E-state index in [0.29, 0.717) is 5.39 Å². The fraction of sp³-hybridized carbons (Fsp3) is 0.385. The van der Waals surface area contributed by atoms with Crippen molar-refractivity contribution in [2.75, 3.05) is 18.8 Å². The highest BCUT2D eigenvalue weighted by Crippen LogP contribution is 2.33. The van der Waals surface area contributed by atoms with E-state index in [1.807, 2.05) is 0 Å². The van der Waals surface area contributed by atoms with Crippen LogP contribution in [-0.2, 0) is 6.18 Å². The number of nitrogens with zero attached hydrogens (tertiary/aromatic N) is 2. The average Bonchev–Trinajstić information content (AvgIpc) is 2.89. The molecule has 0 amide bonds. The predicted octanol–water partition coefficient (Wildman–Crippen LogP) is 2.31. The van der Waals surface area contributed by atoms with E-state index in [4.69, 9.17) is 5.73 Å². The molecular formula is C13H13F3N4. The zero-order chi connectivity index (χ0) is 14.3. The molecule has 1 aromatic heterocycles. The summed E-state index contributed by atoms with van der Waals surface area (Å²) in [5.74, 6) is 0.179. The van der Waals surface area contributed by atoms with Gasteiger partial charge in [0.1, 0.15) is 0 Å². The minimum atomic E-state index is -4.39. The maximum Gasteiger partial charge on any atom is 0.416 e. The number of anilines is 1. The molecule has 1 atom stereocenters. The third-order valence-electron chi connectivity index (χ3n) is 3.52. The summed E-state index contributed by atoms with van der Waals surface area (Å²) in [6, 6.07) is 3.53. The molecule has 3 rings (SSSR count). The molecular weight excluding hydrogens is 269 g/mol. The van der Waals surface area contributed by atoms with Crippen LogP contribution in [0.3, 0.4) is 0 Å². The standard InChI is InChI=1S/C13H13F3N4/c14-13(15,16)8-1-2-9-10(5-8)19-12(17)20-11(9)7-3-4-18-6-7/h1-2,5,7,18H,3-4,6H2,(H2,17,19,20). The van der Waals surface area contributed by atoms with Gasteiger partial charge in [0.15, 0.2) is 0 Å². The number of rotatable bonds is 1. The third kappa shape index (κ3) is 2.29. The van der Waals surface area contributed by atoms with Gasteiger partial charge in [-0.25, -0.2) is 9.97 Å². The normalized spacial score (nSPS) is 19.6. The minimum absolute atomic E-state index is 0.0127. The summed E-state index contributed by atoms with van der Waals surface area (Å²) >= 11 is 0. The Morgan fingerprint density at radius 2 is 2.05 bits per heavy atom. The van der Waals surface area contributed by atoms with E-state index in [2.05, 4.69) is 15.3 Å². The predicted molar refractivity (Wildman–Crippen MR) is 69.2 cm³/mol. The van der Waals surface area contributed by atoms with Gasteiger partial charge in [-0.3, -0.25) is 0 Å². The molecule has 1 aromatic carbocycles. The van der Waals surface area contributed by atoms with Crippen molar-refractivity contribution in [2.24, 2.45) is 0 Å². The Bertz CT molecular complexity index is 648. The lowest BCUT2D eigenvalue weighted by molar-refractivity contribution is -0.137. The molecule has 0 aliphatic carbocycles. The van der Waals surface area contributed by atoms with Crippen LogP contribution in [0.4, 0.5) is 19.1 Å². The van der Waals surface area contributed by atoms with Crippen molar-refractivity contribution in [3.05, 3.63) is 29.5 Å². The summed E-state index contributed by atoms with van der Waals surface area (Å²) in [6.07, 6.45) is -3.49. The quantitative estimate of drug-likeness (QED) is 0.842. The first-order valence-electron chi connectivity index (χ1n) is 6.30. The second-order valence-corrected chi connectivity index (χ2v) is 4.89. The number of nitrogen functional groups attached to an aromatic ring is 1. The maximum atomic E-state index is 12.7. The van der Waals surface area contributed by atoms with Gasteiger partial charge < -0.3 is 11.1 Å². The lowest BCUT2D eigenvalue weighted by Gasteiger charge is -2.13. The van der Waals surface area contributed by atoms with Crippen molar-refractivity contribution >= 4 is 16.9 Å². The first kappa shape index (κ1) is 13.1.